The Hall–Kier alpha value is -2.61. The number of hydrogen-bond acceptors (Lipinski definition) is 3. The first kappa shape index (κ1) is 16.8. The first-order valence-electron chi connectivity index (χ1n) is 7.39. The van der Waals surface area contributed by atoms with E-state index in [-0.39, 0.29) is 0 Å². The molecule has 2 aromatic rings. The molecule has 118 valence electrons. The first-order valence-corrected chi connectivity index (χ1v) is 7.39. The summed E-state index contributed by atoms with van der Waals surface area (Å²) < 4.78 is 4.99. The molecule has 0 saturated carbocycles. The van der Waals surface area contributed by atoms with Crippen LogP contribution < -0.4 is 11.1 Å². The van der Waals surface area contributed by atoms with Crippen LogP contribution in [0.5, 0.6) is 0 Å². The van der Waals surface area contributed by atoms with Crippen LogP contribution in [0, 0.1) is 11.8 Å². The van der Waals surface area contributed by atoms with E-state index >= 15 is 0 Å². The van der Waals surface area contributed by atoms with Gasteiger partial charge in [-0.1, -0.05) is 24.0 Å². The van der Waals surface area contributed by atoms with E-state index in [0.29, 0.717) is 12.2 Å². The Morgan fingerprint density at radius 3 is 2.13 bits per heavy atom. The third kappa shape index (κ3) is 5.59. The number of carbonyl (C=O) groups excluding carboxylic acids is 1. The third-order valence-corrected chi connectivity index (χ3v) is 3.29. The number of ether oxygens (including phenoxy) is 1. The predicted octanol–water partition coefficient (Wildman–Crippen LogP) is 1.92. The van der Waals surface area contributed by atoms with Gasteiger partial charge in [0.2, 0.25) is 5.91 Å². The van der Waals surface area contributed by atoms with Gasteiger partial charge in [-0.2, -0.15) is 0 Å². The number of hydrogen-bond donors (Lipinski definition) is 2. The van der Waals surface area contributed by atoms with Crippen LogP contribution in [0.3, 0.4) is 0 Å². The molecular weight excluding hydrogens is 288 g/mol. The Labute approximate surface area is 136 Å². The molecule has 1 amide bonds. The maximum atomic E-state index is 11.0. The van der Waals surface area contributed by atoms with Crippen molar-refractivity contribution in [1.29, 1.82) is 0 Å². The molecule has 2 rings (SSSR count). The topological polar surface area (TPSA) is 64.3 Å². The highest BCUT2D eigenvalue weighted by atomic mass is 16.5. The highest BCUT2D eigenvalue weighted by molar-refractivity contribution is 5.92. The van der Waals surface area contributed by atoms with Crippen molar-refractivity contribution in [2.24, 2.45) is 5.73 Å². The Kier molecular flexibility index (Phi) is 6.37. The molecule has 0 saturated heterocycles. The van der Waals surface area contributed by atoms with Gasteiger partial charge in [-0.05, 0) is 42.0 Å². The minimum Gasteiger partial charge on any atom is -0.383 e. The summed E-state index contributed by atoms with van der Waals surface area (Å²) in [5.74, 6) is 5.75. The highest BCUT2D eigenvalue weighted by Gasteiger charge is 1.98. The summed E-state index contributed by atoms with van der Waals surface area (Å²) in [6.45, 7) is 2.35. The molecular formula is C19H20N2O2. The fourth-order valence-corrected chi connectivity index (χ4v) is 1.98. The Balaban J connectivity index is 1.94. The zero-order valence-corrected chi connectivity index (χ0v) is 13.1. The van der Waals surface area contributed by atoms with Crippen molar-refractivity contribution in [2.75, 3.05) is 20.3 Å². The number of methoxy groups -OCH3 is 1. The number of benzene rings is 2. The summed E-state index contributed by atoms with van der Waals surface area (Å²) in [6, 6.07) is 15.1. The van der Waals surface area contributed by atoms with Gasteiger partial charge in [0.1, 0.15) is 0 Å². The number of amides is 1. The molecule has 2 aromatic carbocycles. The van der Waals surface area contributed by atoms with Crippen LogP contribution in [0.1, 0.15) is 27.0 Å². The van der Waals surface area contributed by atoms with E-state index < -0.39 is 5.91 Å². The van der Waals surface area contributed by atoms with Gasteiger partial charge < -0.3 is 15.8 Å². The van der Waals surface area contributed by atoms with E-state index in [1.165, 1.54) is 5.56 Å². The summed E-state index contributed by atoms with van der Waals surface area (Å²) in [5.41, 5.74) is 8.70. The molecule has 4 heteroatoms. The molecule has 0 aliphatic heterocycles. The second-order valence-corrected chi connectivity index (χ2v) is 5.06. The number of nitrogens with one attached hydrogen (secondary N) is 1. The fraction of sp³-hybridized carbons (Fsp3) is 0.211. The monoisotopic (exact) mass is 308 g/mol. The van der Waals surface area contributed by atoms with Crippen molar-refractivity contribution in [3.8, 4) is 11.8 Å². The van der Waals surface area contributed by atoms with E-state index in [0.717, 1.165) is 24.2 Å². The van der Waals surface area contributed by atoms with Gasteiger partial charge in [0.05, 0.1) is 6.61 Å². The number of rotatable bonds is 6. The predicted molar refractivity (Wildman–Crippen MR) is 91.0 cm³/mol. The maximum absolute atomic E-state index is 11.0. The smallest absolute Gasteiger partial charge is 0.248 e. The Morgan fingerprint density at radius 2 is 1.61 bits per heavy atom. The van der Waals surface area contributed by atoms with Gasteiger partial charge in [0.25, 0.3) is 0 Å². The van der Waals surface area contributed by atoms with Crippen LogP contribution in [0.15, 0.2) is 48.5 Å². The van der Waals surface area contributed by atoms with E-state index in [1.54, 1.807) is 31.4 Å². The van der Waals surface area contributed by atoms with Gasteiger partial charge in [0.15, 0.2) is 0 Å². The number of primary amides is 1. The molecule has 4 nitrogen and oxygen atoms in total. The molecule has 0 heterocycles. The van der Waals surface area contributed by atoms with Gasteiger partial charge in [-0.15, -0.1) is 0 Å². The fourth-order valence-electron chi connectivity index (χ4n) is 1.98. The summed E-state index contributed by atoms with van der Waals surface area (Å²) in [7, 11) is 1.69. The van der Waals surface area contributed by atoms with Crippen LogP contribution in [-0.2, 0) is 11.3 Å². The first-order chi connectivity index (χ1) is 11.2. The van der Waals surface area contributed by atoms with Crippen LogP contribution in [0.25, 0.3) is 0 Å². The molecule has 0 unspecified atom stereocenters. The van der Waals surface area contributed by atoms with Gasteiger partial charge >= 0.3 is 0 Å². The lowest BCUT2D eigenvalue weighted by Crippen LogP contribution is -2.18. The lowest BCUT2D eigenvalue weighted by atomic mass is 10.1. The molecule has 0 aromatic heterocycles. The number of carbonyl (C=O) groups is 1. The lowest BCUT2D eigenvalue weighted by Gasteiger charge is -2.04. The standard InChI is InChI=1S/C19H20N2O2/c1-23-13-12-21-14-17-6-4-15(5-7-17)2-3-16-8-10-18(11-9-16)19(20)22/h4-11,21H,12-14H2,1H3,(H2,20,22). The average molecular weight is 308 g/mol. The largest absolute Gasteiger partial charge is 0.383 e. The Morgan fingerprint density at radius 1 is 1.04 bits per heavy atom. The third-order valence-electron chi connectivity index (χ3n) is 3.29. The molecule has 0 spiro atoms. The van der Waals surface area contributed by atoms with Crippen LogP contribution in [0.2, 0.25) is 0 Å². The SMILES string of the molecule is COCCNCc1ccc(C#Cc2ccc(C(N)=O)cc2)cc1. The lowest BCUT2D eigenvalue weighted by molar-refractivity contribution is 0.100. The molecule has 0 aliphatic carbocycles. The van der Waals surface area contributed by atoms with Crippen molar-refractivity contribution in [3.63, 3.8) is 0 Å². The van der Waals surface area contributed by atoms with Crippen LogP contribution in [-0.4, -0.2) is 26.2 Å². The van der Waals surface area contributed by atoms with Gasteiger partial charge in [0, 0.05) is 36.9 Å². The van der Waals surface area contributed by atoms with Crippen LogP contribution >= 0.6 is 0 Å². The second-order valence-electron chi connectivity index (χ2n) is 5.06. The van der Waals surface area contributed by atoms with Crippen LogP contribution in [0.4, 0.5) is 0 Å². The van der Waals surface area contributed by atoms with Crippen molar-refractivity contribution < 1.29 is 9.53 Å². The molecule has 3 N–H and O–H groups in total. The molecule has 23 heavy (non-hydrogen) atoms. The molecule has 0 aliphatic rings. The molecule has 0 fully saturated rings. The zero-order chi connectivity index (χ0) is 16.5. The highest BCUT2D eigenvalue weighted by Crippen LogP contribution is 2.05. The quantitative estimate of drug-likeness (QED) is 0.633. The zero-order valence-electron chi connectivity index (χ0n) is 13.1. The summed E-state index contributed by atoms with van der Waals surface area (Å²) in [6.07, 6.45) is 0. The van der Waals surface area contributed by atoms with Gasteiger partial charge in [-0.25, -0.2) is 0 Å². The summed E-state index contributed by atoms with van der Waals surface area (Å²) in [5, 5.41) is 3.30. The maximum Gasteiger partial charge on any atom is 0.248 e. The van der Waals surface area contributed by atoms with E-state index in [1.807, 2.05) is 12.1 Å². The number of nitrogens with two attached hydrogens (primary N) is 1. The van der Waals surface area contributed by atoms with Crippen molar-refractivity contribution in [2.45, 2.75) is 6.54 Å². The second kappa shape index (κ2) is 8.74. The summed E-state index contributed by atoms with van der Waals surface area (Å²) in [4.78, 5) is 11.0. The molecule has 0 bridgehead atoms. The van der Waals surface area contributed by atoms with E-state index in [9.17, 15) is 4.79 Å². The van der Waals surface area contributed by atoms with Crippen molar-refractivity contribution >= 4 is 5.91 Å². The Bertz CT molecular complexity index is 695. The van der Waals surface area contributed by atoms with Crippen molar-refractivity contribution in [3.05, 3.63) is 70.8 Å². The van der Waals surface area contributed by atoms with Crippen molar-refractivity contribution in [1.82, 2.24) is 5.32 Å². The van der Waals surface area contributed by atoms with E-state index in [2.05, 4.69) is 29.3 Å². The summed E-state index contributed by atoms with van der Waals surface area (Å²) >= 11 is 0. The normalized spacial score (nSPS) is 9.96. The molecule has 0 radical (unpaired) electrons. The minimum absolute atomic E-state index is 0.431. The average Bonchev–Trinajstić information content (AvgIpc) is 2.58. The van der Waals surface area contributed by atoms with E-state index in [4.69, 9.17) is 10.5 Å². The van der Waals surface area contributed by atoms with Gasteiger partial charge in [-0.3, -0.25) is 4.79 Å². The molecule has 0 atom stereocenters. The minimum atomic E-state index is -0.431.